The number of aromatic nitrogens is 1. The van der Waals surface area contributed by atoms with Crippen molar-refractivity contribution >= 4 is 29.9 Å². The van der Waals surface area contributed by atoms with E-state index < -0.39 is 0 Å². The summed E-state index contributed by atoms with van der Waals surface area (Å²) in [6.07, 6.45) is 2.38. The molecular formula is C18H35IN6O. The van der Waals surface area contributed by atoms with Crippen molar-refractivity contribution in [2.24, 2.45) is 4.99 Å². The minimum Gasteiger partial charge on any atom is -0.359 e. The molecule has 0 aromatic carbocycles. The molecule has 0 atom stereocenters. The predicted molar refractivity (Wildman–Crippen MR) is 117 cm³/mol. The maximum Gasteiger partial charge on any atom is 0.191 e. The fourth-order valence-electron chi connectivity index (χ4n) is 2.91. The Hall–Kier alpha value is -0.870. The highest BCUT2D eigenvalue weighted by Gasteiger charge is 2.11. The Balaban J connectivity index is 0.00000338. The Morgan fingerprint density at radius 3 is 2.77 bits per heavy atom. The van der Waals surface area contributed by atoms with Crippen LogP contribution in [0, 0.1) is 0 Å². The largest absolute Gasteiger partial charge is 0.359 e. The number of aliphatic imine (C=N–C) groups is 1. The summed E-state index contributed by atoms with van der Waals surface area (Å²) in [4.78, 5) is 9.24. The van der Waals surface area contributed by atoms with Crippen molar-refractivity contribution < 1.29 is 4.52 Å². The maximum atomic E-state index is 5.34. The Morgan fingerprint density at radius 2 is 2.08 bits per heavy atom. The number of nitrogens with one attached hydrogen (secondary N) is 2. The lowest BCUT2D eigenvalue weighted by Gasteiger charge is -2.20. The number of hydrogen-bond donors (Lipinski definition) is 2. The number of rotatable bonds is 7. The van der Waals surface area contributed by atoms with Gasteiger partial charge >= 0.3 is 0 Å². The molecule has 1 saturated heterocycles. The van der Waals surface area contributed by atoms with Crippen LogP contribution < -0.4 is 10.6 Å². The van der Waals surface area contributed by atoms with E-state index in [2.05, 4.69) is 51.5 Å². The van der Waals surface area contributed by atoms with E-state index in [1.54, 1.807) is 7.05 Å². The lowest BCUT2D eigenvalue weighted by molar-refractivity contribution is 0.274. The van der Waals surface area contributed by atoms with E-state index >= 15 is 0 Å². The SMILES string of the molecule is CN=C(NCCCN1CCCN(C)CC1)NCc1cc(C(C)C)no1.I. The van der Waals surface area contributed by atoms with Gasteiger partial charge in [0, 0.05) is 32.7 Å². The van der Waals surface area contributed by atoms with E-state index in [1.165, 1.54) is 32.6 Å². The molecule has 2 heterocycles. The topological polar surface area (TPSA) is 68.9 Å². The van der Waals surface area contributed by atoms with Crippen molar-refractivity contribution in [1.29, 1.82) is 0 Å². The number of likely N-dealkylation sites (N-methyl/N-ethyl adjacent to an activating group) is 1. The second-order valence-corrected chi connectivity index (χ2v) is 7.08. The summed E-state index contributed by atoms with van der Waals surface area (Å²) in [6, 6.07) is 2.00. The van der Waals surface area contributed by atoms with Crippen LogP contribution >= 0.6 is 24.0 Å². The van der Waals surface area contributed by atoms with E-state index in [-0.39, 0.29) is 24.0 Å². The van der Waals surface area contributed by atoms with Gasteiger partial charge in [0.15, 0.2) is 11.7 Å². The highest BCUT2D eigenvalue weighted by Crippen LogP contribution is 2.13. The van der Waals surface area contributed by atoms with Gasteiger partial charge in [0.1, 0.15) is 0 Å². The van der Waals surface area contributed by atoms with Crippen molar-refractivity contribution in [3.8, 4) is 0 Å². The zero-order valence-corrected chi connectivity index (χ0v) is 19.0. The van der Waals surface area contributed by atoms with E-state index in [1.807, 2.05) is 6.07 Å². The fourth-order valence-corrected chi connectivity index (χ4v) is 2.91. The van der Waals surface area contributed by atoms with Gasteiger partial charge in [0.05, 0.1) is 12.2 Å². The number of halogens is 1. The molecule has 2 rings (SSSR count). The van der Waals surface area contributed by atoms with Crippen molar-refractivity contribution in [2.45, 2.75) is 39.2 Å². The van der Waals surface area contributed by atoms with Gasteiger partial charge in [0.25, 0.3) is 0 Å². The smallest absolute Gasteiger partial charge is 0.191 e. The van der Waals surface area contributed by atoms with Gasteiger partial charge < -0.3 is 25.0 Å². The maximum absolute atomic E-state index is 5.34. The molecule has 0 aliphatic carbocycles. The zero-order valence-electron chi connectivity index (χ0n) is 16.6. The zero-order chi connectivity index (χ0) is 18.1. The molecule has 2 N–H and O–H groups in total. The van der Waals surface area contributed by atoms with Crippen LogP contribution in [0.15, 0.2) is 15.6 Å². The Bertz CT molecular complexity index is 534. The van der Waals surface area contributed by atoms with Gasteiger partial charge in [-0.05, 0) is 45.4 Å². The number of nitrogens with zero attached hydrogens (tertiary/aromatic N) is 4. The van der Waals surface area contributed by atoms with Crippen molar-refractivity contribution in [3.63, 3.8) is 0 Å². The predicted octanol–water partition coefficient (Wildman–Crippen LogP) is 2.11. The van der Waals surface area contributed by atoms with Crippen LogP contribution in [0.1, 0.15) is 44.1 Å². The molecule has 0 radical (unpaired) electrons. The highest BCUT2D eigenvalue weighted by atomic mass is 127. The molecule has 1 aromatic heterocycles. The molecule has 1 aromatic rings. The van der Waals surface area contributed by atoms with Crippen molar-refractivity contribution in [3.05, 3.63) is 17.5 Å². The molecule has 0 amide bonds. The monoisotopic (exact) mass is 478 g/mol. The Morgan fingerprint density at radius 1 is 1.27 bits per heavy atom. The quantitative estimate of drug-likeness (QED) is 0.271. The van der Waals surface area contributed by atoms with Crippen LogP contribution in [0.4, 0.5) is 0 Å². The molecule has 0 bridgehead atoms. The summed E-state index contributed by atoms with van der Waals surface area (Å²) in [7, 11) is 4.00. The Labute approximate surface area is 175 Å². The standard InChI is InChI=1S/C18H34N6O.HI/c1-15(2)17-13-16(25-22-17)14-21-18(19-3)20-7-5-9-24-10-6-8-23(4)11-12-24;/h13,15H,5-12,14H2,1-4H3,(H2,19,20,21);1H. The van der Waals surface area contributed by atoms with Crippen LogP contribution in [0.5, 0.6) is 0 Å². The summed E-state index contributed by atoms with van der Waals surface area (Å²) >= 11 is 0. The summed E-state index contributed by atoms with van der Waals surface area (Å²) in [5.74, 6) is 2.02. The van der Waals surface area contributed by atoms with Gasteiger partial charge in [-0.15, -0.1) is 24.0 Å². The third-order valence-corrected chi connectivity index (χ3v) is 4.58. The van der Waals surface area contributed by atoms with Crippen molar-refractivity contribution in [1.82, 2.24) is 25.6 Å². The van der Waals surface area contributed by atoms with Crippen molar-refractivity contribution in [2.75, 3.05) is 53.4 Å². The van der Waals surface area contributed by atoms with E-state index in [0.717, 1.165) is 36.9 Å². The molecule has 1 aliphatic rings. The molecule has 150 valence electrons. The lowest BCUT2D eigenvalue weighted by atomic mass is 10.1. The van der Waals surface area contributed by atoms with Gasteiger partial charge in [-0.3, -0.25) is 4.99 Å². The van der Waals surface area contributed by atoms with Crippen LogP contribution in [0.25, 0.3) is 0 Å². The Kier molecular flexibility index (Phi) is 11.1. The first-order chi connectivity index (χ1) is 12.1. The normalized spacial score (nSPS) is 17.0. The number of guanidine groups is 1. The minimum atomic E-state index is 0. The minimum absolute atomic E-state index is 0. The first-order valence-corrected chi connectivity index (χ1v) is 9.39. The van der Waals surface area contributed by atoms with E-state index in [0.29, 0.717) is 12.5 Å². The fraction of sp³-hybridized carbons (Fsp3) is 0.778. The molecule has 1 aliphatic heterocycles. The second-order valence-electron chi connectivity index (χ2n) is 7.08. The van der Waals surface area contributed by atoms with E-state index in [4.69, 9.17) is 4.52 Å². The van der Waals surface area contributed by atoms with Crippen LogP contribution in [0.2, 0.25) is 0 Å². The van der Waals surface area contributed by atoms with Gasteiger partial charge in [-0.1, -0.05) is 19.0 Å². The molecular weight excluding hydrogens is 443 g/mol. The lowest BCUT2D eigenvalue weighted by Crippen LogP contribution is -2.38. The molecule has 0 saturated carbocycles. The van der Waals surface area contributed by atoms with Gasteiger partial charge in [-0.25, -0.2) is 0 Å². The summed E-state index contributed by atoms with van der Waals surface area (Å²) in [6.45, 7) is 11.6. The van der Waals surface area contributed by atoms with E-state index in [9.17, 15) is 0 Å². The molecule has 0 unspecified atom stereocenters. The summed E-state index contributed by atoms with van der Waals surface area (Å²) in [5, 5.41) is 10.7. The van der Waals surface area contributed by atoms with Crippen LogP contribution in [-0.4, -0.2) is 74.3 Å². The molecule has 26 heavy (non-hydrogen) atoms. The average molecular weight is 478 g/mol. The first kappa shape index (κ1) is 23.2. The van der Waals surface area contributed by atoms with Gasteiger partial charge in [-0.2, -0.15) is 0 Å². The average Bonchev–Trinajstić information content (AvgIpc) is 2.98. The molecule has 0 spiro atoms. The second kappa shape index (κ2) is 12.5. The van der Waals surface area contributed by atoms with Crippen LogP contribution in [0.3, 0.4) is 0 Å². The highest BCUT2D eigenvalue weighted by molar-refractivity contribution is 14.0. The summed E-state index contributed by atoms with van der Waals surface area (Å²) in [5.41, 5.74) is 0.989. The molecule has 8 heteroatoms. The first-order valence-electron chi connectivity index (χ1n) is 9.39. The summed E-state index contributed by atoms with van der Waals surface area (Å²) < 4.78 is 5.34. The third-order valence-electron chi connectivity index (χ3n) is 4.58. The molecule has 7 nitrogen and oxygen atoms in total. The van der Waals surface area contributed by atoms with Gasteiger partial charge in [0.2, 0.25) is 0 Å². The number of hydrogen-bond acceptors (Lipinski definition) is 5. The molecule has 1 fully saturated rings. The van der Waals surface area contributed by atoms with Crippen LogP contribution in [-0.2, 0) is 6.54 Å². The third kappa shape index (κ3) is 8.22.